The van der Waals surface area contributed by atoms with Crippen LogP contribution < -0.4 is 44.2 Å². The van der Waals surface area contributed by atoms with Gasteiger partial charge in [0, 0.05) is 26.2 Å². The summed E-state index contributed by atoms with van der Waals surface area (Å²) in [6, 6.07) is 32.0. The Morgan fingerprint density at radius 2 is 0.962 bits per heavy atom. The maximum atomic E-state index is 15.2. The standard InChI is InChI=1S/C60H83N11O7/c1-3-4-35-69(40-54(72)66-51(58(64)76)25-9-12-32-61)59(77)52(26-10-13-33-62)67-56(74)42-71(39-48-22-16-20-46-18-6-8-24-50(46)48)60(78)53(27-11-14-34-63)68-55(73)41-70(38-44-30-28-43(2)29-31-44)57(75)37-65-36-47-21-15-19-45-17-5-7-23-49(45)47/h5-8,15-24,28-31,51-53,65H,3-4,9-14,25-27,32-42,61-63H2,1-2H3,(H2,64,76)(H,66,72)(H,67,74)(H,68,73)/t51-,52-,53-/m0/s1. The summed E-state index contributed by atoms with van der Waals surface area (Å²) in [6.07, 6.45) is 5.21. The third-order valence-electron chi connectivity index (χ3n) is 13.8. The van der Waals surface area contributed by atoms with Crippen molar-refractivity contribution in [2.24, 2.45) is 22.9 Å². The Morgan fingerprint density at radius 3 is 1.50 bits per heavy atom. The fraction of sp³-hybridized carbons (Fsp3) is 0.450. The van der Waals surface area contributed by atoms with Gasteiger partial charge in [-0.2, -0.15) is 0 Å². The molecule has 0 saturated carbocycles. The highest BCUT2D eigenvalue weighted by Gasteiger charge is 2.32. The number of aryl methyl sites for hydroxylation is 1. The zero-order valence-electron chi connectivity index (χ0n) is 45.7. The van der Waals surface area contributed by atoms with E-state index >= 15 is 4.79 Å². The average molecular weight is 1070 g/mol. The molecule has 0 unspecified atom stereocenters. The fourth-order valence-electron chi connectivity index (χ4n) is 9.43. The van der Waals surface area contributed by atoms with Crippen LogP contribution in [0.3, 0.4) is 0 Å². The minimum Gasteiger partial charge on any atom is -0.368 e. The van der Waals surface area contributed by atoms with Gasteiger partial charge in [-0.05, 0) is 129 Å². The smallest absolute Gasteiger partial charge is 0.245 e. The summed E-state index contributed by atoms with van der Waals surface area (Å²) in [5.41, 5.74) is 26.7. The van der Waals surface area contributed by atoms with Crippen molar-refractivity contribution in [3.8, 4) is 0 Å². The monoisotopic (exact) mass is 1070 g/mol. The summed E-state index contributed by atoms with van der Waals surface area (Å²) >= 11 is 0. The van der Waals surface area contributed by atoms with Gasteiger partial charge in [-0.3, -0.25) is 33.6 Å². The van der Waals surface area contributed by atoms with Gasteiger partial charge < -0.3 is 58.9 Å². The van der Waals surface area contributed by atoms with Gasteiger partial charge in [-0.1, -0.05) is 128 Å². The first-order valence-corrected chi connectivity index (χ1v) is 27.6. The predicted molar refractivity (Wildman–Crippen MR) is 307 cm³/mol. The lowest BCUT2D eigenvalue weighted by Crippen LogP contribution is -2.56. The largest absolute Gasteiger partial charge is 0.368 e. The Kier molecular flexibility index (Phi) is 26.2. The normalized spacial score (nSPS) is 12.3. The van der Waals surface area contributed by atoms with Crippen LogP contribution in [0.1, 0.15) is 99.8 Å². The van der Waals surface area contributed by atoms with Crippen LogP contribution in [0.25, 0.3) is 21.5 Å². The van der Waals surface area contributed by atoms with Crippen LogP contribution in [0.4, 0.5) is 0 Å². The first kappa shape index (κ1) is 61.6. The molecule has 0 aliphatic carbocycles. The second kappa shape index (κ2) is 33.1. The Labute approximate surface area is 459 Å². The van der Waals surface area contributed by atoms with Crippen molar-refractivity contribution < 1.29 is 33.6 Å². The topological polar surface area (TPSA) is 281 Å². The van der Waals surface area contributed by atoms with Crippen molar-refractivity contribution in [2.75, 3.05) is 52.4 Å². The quantitative estimate of drug-likeness (QED) is 0.0263. The van der Waals surface area contributed by atoms with Crippen LogP contribution in [-0.4, -0.2) is 127 Å². The molecule has 0 aromatic heterocycles. The Morgan fingerprint density at radius 1 is 0.500 bits per heavy atom. The molecule has 12 N–H and O–H groups in total. The summed E-state index contributed by atoms with van der Waals surface area (Å²) < 4.78 is 0. The SMILES string of the molecule is CCCCN(CC(=O)N[C@@H](CCCCN)C(N)=O)C(=O)[C@H](CCCCN)NC(=O)CN(Cc1cccc2ccccc12)C(=O)[C@H](CCCCN)NC(=O)CN(Cc1ccc(C)cc1)C(=O)CNCc1cccc2ccccc12. The molecule has 0 aliphatic rings. The summed E-state index contributed by atoms with van der Waals surface area (Å²) in [4.78, 5) is 103. The highest BCUT2D eigenvalue weighted by atomic mass is 16.2. The second-order valence-corrected chi connectivity index (χ2v) is 20.0. The second-order valence-electron chi connectivity index (χ2n) is 20.0. The number of nitrogens with two attached hydrogens (primary N) is 4. The molecule has 420 valence electrons. The number of benzene rings is 5. The molecule has 0 bridgehead atoms. The number of amides is 7. The number of primary amides is 1. The number of carbonyl (C=O) groups is 7. The van der Waals surface area contributed by atoms with Crippen LogP contribution in [0.2, 0.25) is 0 Å². The van der Waals surface area contributed by atoms with Gasteiger partial charge in [0.1, 0.15) is 18.1 Å². The molecule has 5 aromatic carbocycles. The molecule has 5 aromatic rings. The van der Waals surface area contributed by atoms with Crippen LogP contribution >= 0.6 is 0 Å². The molecule has 0 fully saturated rings. The van der Waals surface area contributed by atoms with E-state index in [2.05, 4.69) is 21.3 Å². The van der Waals surface area contributed by atoms with E-state index in [4.69, 9.17) is 22.9 Å². The highest BCUT2D eigenvalue weighted by molar-refractivity contribution is 5.95. The van der Waals surface area contributed by atoms with Gasteiger partial charge in [-0.15, -0.1) is 0 Å². The summed E-state index contributed by atoms with van der Waals surface area (Å²) in [5, 5.41) is 15.8. The number of carbonyl (C=O) groups excluding carboxylic acids is 7. The number of fused-ring (bicyclic) bond motifs is 2. The maximum Gasteiger partial charge on any atom is 0.245 e. The molecule has 5 rings (SSSR count). The predicted octanol–water partition coefficient (Wildman–Crippen LogP) is 4.40. The van der Waals surface area contributed by atoms with Crippen molar-refractivity contribution in [2.45, 2.75) is 122 Å². The first-order chi connectivity index (χ1) is 37.7. The van der Waals surface area contributed by atoms with Crippen LogP contribution in [0.5, 0.6) is 0 Å². The van der Waals surface area contributed by atoms with Crippen molar-refractivity contribution in [1.82, 2.24) is 36.0 Å². The van der Waals surface area contributed by atoms with E-state index in [0.717, 1.165) is 43.8 Å². The molecule has 18 nitrogen and oxygen atoms in total. The fourth-order valence-corrected chi connectivity index (χ4v) is 9.43. The van der Waals surface area contributed by atoms with Gasteiger partial charge in [-0.25, -0.2) is 0 Å². The van der Waals surface area contributed by atoms with Gasteiger partial charge in [0.15, 0.2) is 0 Å². The van der Waals surface area contributed by atoms with E-state index in [-0.39, 0.29) is 58.0 Å². The first-order valence-electron chi connectivity index (χ1n) is 27.6. The minimum absolute atomic E-state index is 0.0296. The Hall–Kier alpha value is -7.25. The summed E-state index contributed by atoms with van der Waals surface area (Å²) in [7, 11) is 0. The molecular weight excluding hydrogens is 987 g/mol. The lowest BCUT2D eigenvalue weighted by Gasteiger charge is -2.31. The van der Waals surface area contributed by atoms with Crippen molar-refractivity contribution in [3.63, 3.8) is 0 Å². The van der Waals surface area contributed by atoms with Crippen molar-refractivity contribution >= 4 is 62.9 Å². The molecule has 0 saturated heterocycles. The average Bonchev–Trinajstić information content (AvgIpc) is 3.43. The van der Waals surface area contributed by atoms with Crippen molar-refractivity contribution in [1.29, 1.82) is 0 Å². The summed E-state index contributed by atoms with van der Waals surface area (Å²) in [5.74, 6) is -3.84. The maximum absolute atomic E-state index is 15.2. The number of rotatable bonds is 35. The minimum atomic E-state index is -1.13. The molecule has 0 radical (unpaired) electrons. The van der Waals surface area contributed by atoms with Gasteiger partial charge >= 0.3 is 0 Å². The van der Waals surface area contributed by atoms with Crippen LogP contribution in [-0.2, 0) is 53.2 Å². The number of hydrogen-bond donors (Lipinski definition) is 8. The molecule has 0 aliphatic heterocycles. The Balaban J connectivity index is 1.40. The number of hydrogen-bond acceptors (Lipinski definition) is 11. The Bertz CT molecular complexity index is 2730. The van der Waals surface area contributed by atoms with E-state index in [9.17, 15) is 28.8 Å². The van der Waals surface area contributed by atoms with Gasteiger partial charge in [0.05, 0.1) is 26.2 Å². The van der Waals surface area contributed by atoms with Gasteiger partial charge in [0.2, 0.25) is 41.4 Å². The van der Waals surface area contributed by atoms with Gasteiger partial charge in [0.25, 0.3) is 0 Å². The molecule has 78 heavy (non-hydrogen) atoms. The van der Waals surface area contributed by atoms with Crippen molar-refractivity contribution in [3.05, 3.63) is 131 Å². The third-order valence-corrected chi connectivity index (χ3v) is 13.8. The third kappa shape index (κ3) is 20.0. The highest BCUT2D eigenvalue weighted by Crippen LogP contribution is 2.22. The molecule has 0 heterocycles. The number of unbranched alkanes of at least 4 members (excludes halogenated alkanes) is 4. The molecule has 7 amide bonds. The number of nitrogens with zero attached hydrogens (tertiary/aromatic N) is 3. The molecule has 3 atom stereocenters. The van der Waals surface area contributed by atoms with E-state index in [0.29, 0.717) is 84.0 Å². The zero-order chi connectivity index (χ0) is 56.2. The summed E-state index contributed by atoms with van der Waals surface area (Å²) in [6.45, 7) is 4.47. The molecular formula is C60H83N11O7. The van der Waals surface area contributed by atoms with E-state index in [1.54, 1.807) is 0 Å². The molecule has 0 spiro atoms. The van der Waals surface area contributed by atoms with Crippen LogP contribution in [0, 0.1) is 6.92 Å². The van der Waals surface area contributed by atoms with E-state index < -0.39 is 60.1 Å². The van der Waals surface area contributed by atoms with Crippen LogP contribution in [0.15, 0.2) is 109 Å². The lowest BCUT2D eigenvalue weighted by molar-refractivity contribution is -0.143. The lowest BCUT2D eigenvalue weighted by atomic mass is 10.0. The number of nitrogens with one attached hydrogen (secondary N) is 4. The molecule has 18 heteroatoms. The zero-order valence-corrected chi connectivity index (χ0v) is 45.7. The van der Waals surface area contributed by atoms with E-state index in [1.165, 1.54) is 14.7 Å². The van der Waals surface area contributed by atoms with E-state index in [1.807, 2.05) is 123 Å².